The molecule has 0 fully saturated rings. The average molecular weight is 304 g/mol. The lowest BCUT2D eigenvalue weighted by Gasteiger charge is -2.14. The van der Waals surface area contributed by atoms with E-state index >= 15 is 0 Å². The second-order valence-corrected chi connectivity index (χ2v) is 4.81. The van der Waals surface area contributed by atoms with E-state index in [0.29, 0.717) is 31.4 Å². The number of rotatable bonds is 8. The van der Waals surface area contributed by atoms with Gasteiger partial charge in [-0.25, -0.2) is 4.79 Å². The summed E-state index contributed by atoms with van der Waals surface area (Å²) in [5, 5.41) is 9.11. The van der Waals surface area contributed by atoms with Gasteiger partial charge in [0.2, 0.25) is 0 Å². The fourth-order valence-corrected chi connectivity index (χ4v) is 1.83. The third kappa shape index (κ3) is 5.13. The van der Waals surface area contributed by atoms with Crippen LogP contribution in [0.5, 0.6) is 11.5 Å². The largest absolute Gasteiger partial charge is 0.490 e. The molecule has 0 aliphatic carbocycles. The fraction of sp³-hybridized carbons (Fsp3) is 0.412. The molecule has 0 saturated heterocycles. The summed E-state index contributed by atoms with van der Waals surface area (Å²) in [6.07, 6.45) is 7.32. The Bertz CT molecular complexity index is 583. The Kier molecular flexibility index (Phi) is 6.97. The molecule has 1 rings (SSSR count). The van der Waals surface area contributed by atoms with E-state index in [4.69, 9.17) is 21.0 Å². The highest BCUT2D eigenvalue weighted by atomic mass is 16.6. The summed E-state index contributed by atoms with van der Waals surface area (Å²) >= 11 is 0. The average Bonchev–Trinajstić information content (AvgIpc) is 2.46. The number of carboxylic acids is 1. The summed E-state index contributed by atoms with van der Waals surface area (Å²) in [6.45, 7) is 3.87. The molecule has 0 heterocycles. The molecule has 0 aliphatic rings. The molecule has 1 aromatic carbocycles. The van der Waals surface area contributed by atoms with Gasteiger partial charge in [0, 0.05) is 12.8 Å². The molecule has 22 heavy (non-hydrogen) atoms. The summed E-state index contributed by atoms with van der Waals surface area (Å²) in [5.41, 5.74) is 0.621. The highest BCUT2D eigenvalue weighted by Gasteiger charge is 2.17. The van der Waals surface area contributed by atoms with E-state index in [-0.39, 0.29) is 29.5 Å². The second kappa shape index (κ2) is 8.73. The molecular weight excluding hydrogens is 284 g/mol. The van der Waals surface area contributed by atoms with Crippen LogP contribution in [0.25, 0.3) is 0 Å². The standard InChI is InChI=1S/C17H20O5/c1-4-6-7-9-21-14-11-13(17(19)20)10-12(3)16(14)22-15(18)8-5-2/h1,10-11H,5-9H2,2-3H3,(H,19,20). The molecular formula is C17H20O5. The number of hydrogen-bond donors (Lipinski definition) is 1. The zero-order valence-electron chi connectivity index (χ0n) is 12.8. The van der Waals surface area contributed by atoms with Gasteiger partial charge in [0.1, 0.15) is 0 Å². The number of hydrogen-bond acceptors (Lipinski definition) is 4. The van der Waals surface area contributed by atoms with Crippen LogP contribution in [-0.4, -0.2) is 23.7 Å². The summed E-state index contributed by atoms with van der Waals surface area (Å²) in [7, 11) is 0. The third-order valence-electron chi connectivity index (χ3n) is 2.88. The van der Waals surface area contributed by atoms with Crippen LogP contribution < -0.4 is 9.47 Å². The minimum atomic E-state index is -1.07. The predicted molar refractivity (Wildman–Crippen MR) is 82.2 cm³/mol. The number of benzene rings is 1. The van der Waals surface area contributed by atoms with Crippen LogP contribution in [0.3, 0.4) is 0 Å². The number of aryl methyl sites for hydroxylation is 1. The number of unbranched alkanes of at least 4 members (excludes halogenated alkanes) is 1. The monoisotopic (exact) mass is 304 g/mol. The van der Waals surface area contributed by atoms with Gasteiger partial charge in [0.25, 0.3) is 0 Å². The Morgan fingerprint density at radius 1 is 1.36 bits per heavy atom. The number of aromatic carboxylic acids is 1. The highest BCUT2D eigenvalue weighted by molar-refractivity contribution is 5.89. The van der Waals surface area contributed by atoms with Crippen LogP contribution in [0.4, 0.5) is 0 Å². The van der Waals surface area contributed by atoms with Gasteiger partial charge in [0.15, 0.2) is 11.5 Å². The van der Waals surface area contributed by atoms with Crippen LogP contribution in [0.15, 0.2) is 12.1 Å². The number of esters is 1. The molecule has 0 aromatic heterocycles. The third-order valence-corrected chi connectivity index (χ3v) is 2.88. The van der Waals surface area contributed by atoms with Crippen molar-refractivity contribution in [1.82, 2.24) is 0 Å². The van der Waals surface area contributed by atoms with Gasteiger partial charge < -0.3 is 14.6 Å². The molecule has 0 radical (unpaired) electrons. The minimum Gasteiger partial charge on any atom is -0.490 e. The first-order valence-electron chi connectivity index (χ1n) is 7.14. The van der Waals surface area contributed by atoms with Crippen LogP contribution in [0, 0.1) is 19.3 Å². The molecule has 0 saturated carbocycles. The maximum Gasteiger partial charge on any atom is 0.335 e. The van der Waals surface area contributed by atoms with Crippen molar-refractivity contribution in [2.45, 2.75) is 39.5 Å². The van der Waals surface area contributed by atoms with Crippen molar-refractivity contribution >= 4 is 11.9 Å². The van der Waals surface area contributed by atoms with Crippen molar-refractivity contribution in [2.75, 3.05) is 6.61 Å². The van der Waals surface area contributed by atoms with E-state index in [1.807, 2.05) is 6.92 Å². The quantitative estimate of drug-likeness (QED) is 0.345. The number of terminal acetylenes is 1. The van der Waals surface area contributed by atoms with E-state index in [0.717, 1.165) is 0 Å². The zero-order chi connectivity index (χ0) is 16.5. The molecule has 0 aliphatic heterocycles. The van der Waals surface area contributed by atoms with E-state index in [2.05, 4.69) is 5.92 Å². The summed E-state index contributed by atoms with van der Waals surface area (Å²) in [5.74, 6) is 1.58. The molecule has 0 amide bonds. The Hall–Kier alpha value is -2.48. The first kappa shape index (κ1) is 17.6. The van der Waals surface area contributed by atoms with Crippen LogP contribution >= 0.6 is 0 Å². The Balaban J connectivity index is 3.02. The summed E-state index contributed by atoms with van der Waals surface area (Å²) < 4.78 is 10.9. The molecule has 0 atom stereocenters. The molecule has 1 aromatic rings. The second-order valence-electron chi connectivity index (χ2n) is 4.81. The molecule has 1 N–H and O–H groups in total. The Labute approximate surface area is 130 Å². The van der Waals surface area contributed by atoms with Crippen LogP contribution in [0.1, 0.15) is 48.5 Å². The Morgan fingerprint density at radius 2 is 2.09 bits per heavy atom. The zero-order valence-corrected chi connectivity index (χ0v) is 12.8. The summed E-state index contributed by atoms with van der Waals surface area (Å²) in [4.78, 5) is 22.8. The highest BCUT2D eigenvalue weighted by Crippen LogP contribution is 2.33. The lowest BCUT2D eigenvalue weighted by atomic mass is 10.1. The van der Waals surface area contributed by atoms with Crippen LogP contribution in [-0.2, 0) is 4.79 Å². The molecule has 118 valence electrons. The van der Waals surface area contributed by atoms with Gasteiger partial charge >= 0.3 is 11.9 Å². The number of carboxylic acid groups (broad SMARTS) is 1. The van der Waals surface area contributed by atoms with E-state index < -0.39 is 5.97 Å². The summed E-state index contributed by atoms with van der Waals surface area (Å²) in [6, 6.07) is 2.81. The molecule has 0 spiro atoms. The molecule has 0 bridgehead atoms. The van der Waals surface area contributed by atoms with Crippen molar-refractivity contribution in [3.8, 4) is 23.8 Å². The number of carbonyl (C=O) groups is 2. The maximum absolute atomic E-state index is 11.7. The Morgan fingerprint density at radius 3 is 2.68 bits per heavy atom. The van der Waals surface area contributed by atoms with E-state index in [1.165, 1.54) is 12.1 Å². The maximum atomic E-state index is 11.7. The van der Waals surface area contributed by atoms with Gasteiger partial charge in [-0.05, 0) is 37.5 Å². The molecule has 5 nitrogen and oxygen atoms in total. The van der Waals surface area contributed by atoms with Gasteiger partial charge in [-0.15, -0.1) is 12.3 Å². The van der Waals surface area contributed by atoms with Gasteiger partial charge in [-0.2, -0.15) is 0 Å². The van der Waals surface area contributed by atoms with Crippen LogP contribution in [0.2, 0.25) is 0 Å². The van der Waals surface area contributed by atoms with Crippen molar-refractivity contribution in [3.63, 3.8) is 0 Å². The van der Waals surface area contributed by atoms with Crippen molar-refractivity contribution < 1.29 is 24.2 Å². The minimum absolute atomic E-state index is 0.0831. The SMILES string of the molecule is C#CCCCOc1cc(C(=O)O)cc(C)c1OC(=O)CCC. The fourth-order valence-electron chi connectivity index (χ4n) is 1.83. The molecule has 5 heteroatoms. The smallest absolute Gasteiger partial charge is 0.335 e. The van der Waals surface area contributed by atoms with Crippen molar-refractivity contribution in [3.05, 3.63) is 23.3 Å². The van der Waals surface area contributed by atoms with Crippen molar-refractivity contribution in [2.24, 2.45) is 0 Å². The van der Waals surface area contributed by atoms with Crippen molar-refractivity contribution in [1.29, 1.82) is 0 Å². The number of carbonyl (C=O) groups excluding carboxylic acids is 1. The molecule has 0 unspecified atom stereocenters. The first-order chi connectivity index (χ1) is 10.5. The lowest BCUT2D eigenvalue weighted by Crippen LogP contribution is -2.11. The van der Waals surface area contributed by atoms with E-state index in [9.17, 15) is 9.59 Å². The van der Waals surface area contributed by atoms with Gasteiger partial charge in [-0.3, -0.25) is 4.79 Å². The first-order valence-corrected chi connectivity index (χ1v) is 7.14. The topological polar surface area (TPSA) is 72.8 Å². The van der Waals surface area contributed by atoms with Gasteiger partial charge in [0.05, 0.1) is 12.2 Å². The van der Waals surface area contributed by atoms with E-state index in [1.54, 1.807) is 6.92 Å². The van der Waals surface area contributed by atoms with Gasteiger partial charge in [-0.1, -0.05) is 6.92 Å². The predicted octanol–water partition coefficient (Wildman–Crippen LogP) is 3.19. The normalized spacial score (nSPS) is 9.86. The lowest BCUT2D eigenvalue weighted by molar-refractivity contribution is -0.134. The number of ether oxygens (including phenoxy) is 2.